The maximum absolute atomic E-state index is 12.9. The number of ether oxygens (including phenoxy) is 2. The third-order valence-corrected chi connectivity index (χ3v) is 7.63. The molecule has 40 heavy (non-hydrogen) atoms. The van der Waals surface area contributed by atoms with Crippen molar-refractivity contribution < 1.29 is 14.3 Å². The summed E-state index contributed by atoms with van der Waals surface area (Å²) in [5, 5.41) is 5.67. The molecule has 4 heterocycles. The largest absolute Gasteiger partial charge is 0.457 e. The molecule has 2 aliphatic heterocycles. The van der Waals surface area contributed by atoms with Gasteiger partial charge in [0.1, 0.15) is 29.3 Å². The van der Waals surface area contributed by atoms with Crippen LogP contribution in [0.2, 0.25) is 0 Å². The second-order valence-corrected chi connectivity index (χ2v) is 10.3. The summed E-state index contributed by atoms with van der Waals surface area (Å²) in [6, 6.07) is 17.8. The van der Waals surface area contributed by atoms with Gasteiger partial charge in [-0.2, -0.15) is 5.10 Å². The number of rotatable bonds is 8. The Morgan fingerprint density at radius 2 is 1.93 bits per heavy atom. The van der Waals surface area contributed by atoms with Crippen molar-refractivity contribution in [3.63, 3.8) is 0 Å². The van der Waals surface area contributed by atoms with Crippen molar-refractivity contribution in [1.29, 1.82) is 0 Å². The summed E-state index contributed by atoms with van der Waals surface area (Å²) in [5.41, 5.74) is 8.59. The summed E-state index contributed by atoms with van der Waals surface area (Å²) < 4.78 is 13.3. The second-order valence-electron chi connectivity index (χ2n) is 10.3. The zero-order valence-electron chi connectivity index (χ0n) is 22.5. The predicted molar refractivity (Wildman–Crippen MR) is 153 cm³/mol. The number of likely N-dealkylation sites (tertiary alicyclic amines) is 1. The molecule has 6 rings (SSSR count). The van der Waals surface area contributed by atoms with Crippen molar-refractivity contribution in [3.05, 3.63) is 73.1 Å². The number of anilines is 1. The molecule has 0 radical (unpaired) electrons. The normalized spacial score (nSPS) is 19.3. The minimum Gasteiger partial charge on any atom is -0.457 e. The van der Waals surface area contributed by atoms with Gasteiger partial charge in [0.2, 0.25) is 5.91 Å². The van der Waals surface area contributed by atoms with E-state index in [9.17, 15) is 4.79 Å². The first-order valence-electron chi connectivity index (χ1n) is 13.6. The molecule has 2 fully saturated rings. The third kappa shape index (κ3) is 5.41. The average molecular weight is 540 g/mol. The van der Waals surface area contributed by atoms with Crippen LogP contribution in [0.1, 0.15) is 18.9 Å². The Balaban J connectivity index is 1.18. The van der Waals surface area contributed by atoms with E-state index in [1.807, 2.05) is 70.3 Å². The van der Waals surface area contributed by atoms with E-state index in [2.05, 4.69) is 21.9 Å². The number of amides is 1. The molecule has 10 nitrogen and oxygen atoms in total. The fourth-order valence-corrected chi connectivity index (χ4v) is 5.34. The average Bonchev–Trinajstić information content (AvgIpc) is 3.75. The Morgan fingerprint density at radius 1 is 1.12 bits per heavy atom. The highest BCUT2D eigenvalue weighted by molar-refractivity contribution is 5.98. The van der Waals surface area contributed by atoms with Gasteiger partial charge >= 0.3 is 0 Å². The molecule has 2 saturated heterocycles. The van der Waals surface area contributed by atoms with E-state index in [1.54, 1.807) is 6.08 Å². The van der Waals surface area contributed by atoms with Crippen molar-refractivity contribution in [2.75, 3.05) is 45.6 Å². The fraction of sp³-hybridized carbons (Fsp3) is 0.333. The van der Waals surface area contributed by atoms with Gasteiger partial charge in [0.25, 0.3) is 0 Å². The zero-order valence-corrected chi connectivity index (χ0v) is 22.5. The summed E-state index contributed by atoms with van der Waals surface area (Å²) in [5.74, 6) is 1.89. The van der Waals surface area contributed by atoms with E-state index < -0.39 is 0 Å². The van der Waals surface area contributed by atoms with E-state index in [0.29, 0.717) is 41.7 Å². The molecular formula is C30H33N7O3. The van der Waals surface area contributed by atoms with Crippen LogP contribution in [0.5, 0.6) is 11.5 Å². The Morgan fingerprint density at radius 3 is 2.70 bits per heavy atom. The Labute approximate surface area is 233 Å². The highest BCUT2D eigenvalue weighted by atomic mass is 16.5. The van der Waals surface area contributed by atoms with Crippen LogP contribution >= 0.6 is 0 Å². The van der Waals surface area contributed by atoms with Gasteiger partial charge < -0.3 is 20.1 Å². The van der Waals surface area contributed by atoms with Crippen molar-refractivity contribution in [2.45, 2.75) is 24.9 Å². The lowest BCUT2D eigenvalue weighted by molar-refractivity contribution is -0.125. The SMILES string of the molecule is CN(CC=CC(=O)N1CC[C@@H](n2nc(-c3ccc(Oc4ccccc4)cc3)c3c(N)ncnc32)C1)[C@H]1CCOC1. The Kier molecular flexibility index (Phi) is 7.43. The van der Waals surface area contributed by atoms with Gasteiger partial charge in [-0.25, -0.2) is 14.6 Å². The van der Waals surface area contributed by atoms with Crippen LogP contribution < -0.4 is 10.5 Å². The van der Waals surface area contributed by atoms with Crippen LogP contribution in [0.15, 0.2) is 73.1 Å². The molecule has 206 valence electrons. The number of carbonyl (C=O) groups excluding carboxylic acids is 1. The van der Waals surface area contributed by atoms with E-state index in [4.69, 9.17) is 20.3 Å². The standard InChI is InChI=1S/C30H33N7O3/c1-35(23-14-17-39-19-23)15-5-8-26(38)36-16-13-22(18-36)37-30-27(29(31)32-20-33-30)28(34-37)21-9-11-25(12-10-21)40-24-6-3-2-4-7-24/h2-12,20,22-23H,13-19H2,1H3,(H2,31,32,33)/t22-,23+/m1/s1. The number of nitrogens with zero attached hydrogens (tertiary/aromatic N) is 6. The van der Waals surface area contributed by atoms with Gasteiger partial charge in [0, 0.05) is 43.9 Å². The van der Waals surface area contributed by atoms with Gasteiger partial charge in [0.05, 0.1) is 18.0 Å². The number of hydrogen-bond donors (Lipinski definition) is 1. The lowest BCUT2D eigenvalue weighted by atomic mass is 10.1. The maximum atomic E-state index is 12.9. The maximum Gasteiger partial charge on any atom is 0.246 e. The molecule has 1 amide bonds. The van der Waals surface area contributed by atoms with Crippen molar-refractivity contribution in [3.8, 4) is 22.8 Å². The van der Waals surface area contributed by atoms with E-state index >= 15 is 0 Å². The number of hydrogen-bond acceptors (Lipinski definition) is 8. The van der Waals surface area contributed by atoms with Crippen molar-refractivity contribution >= 4 is 22.8 Å². The Hall–Kier alpha value is -4.28. The first-order chi connectivity index (χ1) is 19.6. The lowest BCUT2D eigenvalue weighted by Gasteiger charge is -2.21. The number of aromatic nitrogens is 4. The number of nitrogen functional groups attached to an aromatic ring is 1. The second kappa shape index (κ2) is 11.4. The molecule has 10 heteroatoms. The van der Waals surface area contributed by atoms with Crippen LogP contribution in [0.25, 0.3) is 22.3 Å². The number of nitrogens with two attached hydrogens (primary N) is 1. The minimum absolute atomic E-state index is 0.0121. The molecule has 2 aromatic heterocycles. The number of benzene rings is 2. The minimum atomic E-state index is -0.0121. The van der Waals surface area contributed by atoms with E-state index in [1.165, 1.54) is 6.33 Å². The highest BCUT2D eigenvalue weighted by Crippen LogP contribution is 2.35. The monoisotopic (exact) mass is 539 g/mol. The van der Waals surface area contributed by atoms with Crippen LogP contribution in [-0.2, 0) is 9.53 Å². The van der Waals surface area contributed by atoms with E-state index in [0.717, 1.165) is 49.7 Å². The van der Waals surface area contributed by atoms with Gasteiger partial charge in [-0.3, -0.25) is 9.69 Å². The summed E-state index contributed by atoms with van der Waals surface area (Å²) in [6.45, 7) is 3.49. The molecule has 0 spiro atoms. The van der Waals surface area contributed by atoms with Crippen molar-refractivity contribution in [2.24, 2.45) is 0 Å². The smallest absolute Gasteiger partial charge is 0.246 e. The van der Waals surface area contributed by atoms with Gasteiger partial charge in [-0.1, -0.05) is 24.3 Å². The molecule has 0 unspecified atom stereocenters. The lowest BCUT2D eigenvalue weighted by Crippen LogP contribution is -2.32. The van der Waals surface area contributed by atoms with Gasteiger partial charge in [-0.15, -0.1) is 0 Å². The van der Waals surface area contributed by atoms with Crippen LogP contribution in [0, 0.1) is 0 Å². The third-order valence-electron chi connectivity index (χ3n) is 7.63. The molecule has 2 N–H and O–H groups in total. The molecular weight excluding hydrogens is 506 g/mol. The topological polar surface area (TPSA) is 112 Å². The Bertz CT molecular complexity index is 1500. The summed E-state index contributed by atoms with van der Waals surface area (Å²) in [4.78, 5) is 25.8. The van der Waals surface area contributed by atoms with Crippen LogP contribution in [-0.4, -0.2) is 81.4 Å². The quantitative estimate of drug-likeness (QED) is 0.336. The van der Waals surface area contributed by atoms with Crippen LogP contribution in [0.4, 0.5) is 5.82 Å². The van der Waals surface area contributed by atoms with Crippen LogP contribution in [0.3, 0.4) is 0 Å². The van der Waals surface area contributed by atoms with Crippen molar-refractivity contribution in [1.82, 2.24) is 29.5 Å². The summed E-state index contributed by atoms with van der Waals surface area (Å²) in [6.07, 6.45) is 6.90. The predicted octanol–water partition coefficient (Wildman–Crippen LogP) is 3.92. The number of fused-ring (bicyclic) bond motifs is 1. The summed E-state index contributed by atoms with van der Waals surface area (Å²) in [7, 11) is 2.07. The summed E-state index contributed by atoms with van der Waals surface area (Å²) >= 11 is 0. The highest BCUT2D eigenvalue weighted by Gasteiger charge is 2.30. The molecule has 0 bridgehead atoms. The first-order valence-corrected chi connectivity index (χ1v) is 13.6. The number of carbonyl (C=O) groups is 1. The van der Waals surface area contributed by atoms with E-state index in [-0.39, 0.29) is 11.9 Å². The number of para-hydroxylation sites is 1. The first kappa shape index (κ1) is 26.0. The fourth-order valence-electron chi connectivity index (χ4n) is 5.34. The molecule has 2 atom stereocenters. The molecule has 2 aliphatic rings. The molecule has 2 aromatic carbocycles. The molecule has 0 aliphatic carbocycles. The zero-order chi connectivity index (χ0) is 27.5. The number of likely N-dealkylation sites (N-methyl/N-ethyl adjacent to an activating group) is 1. The van der Waals surface area contributed by atoms with Gasteiger partial charge in [-0.05, 0) is 56.3 Å². The molecule has 4 aromatic rings. The van der Waals surface area contributed by atoms with Gasteiger partial charge in [0.15, 0.2) is 5.65 Å². The molecule has 0 saturated carbocycles.